The summed E-state index contributed by atoms with van der Waals surface area (Å²) in [6.45, 7) is 0. The molecule has 1 N–H and O–H groups in total. The van der Waals surface area contributed by atoms with Crippen LogP contribution in [0.15, 0.2) is 59.3 Å². The van der Waals surface area contributed by atoms with Crippen LogP contribution < -0.4 is 5.32 Å². The summed E-state index contributed by atoms with van der Waals surface area (Å²) >= 11 is 3.51. The Bertz CT molecular complexity index is 848. The fourth-order valence-corrected chi connectivity index (χ4v) is 3.47. The first-order chi connectivity index (χ1) is 11.2. The zero-order valence-corrected chi connectivity index (χ0v) is 13.7. The van der Waals surface area contributed by atoms with Crippen molar-refractivity contribution >= 4 is 21.9 Å². The first-order valence-electron chi connectivity index (χ1n) is 7.38. The minimum Gasteiger partial charge on any atom is -0.348 e. The Labute approximate surface area is 141 Å². The molecule has 0 fully saturated rings. The molecule has 0 spiro atoms. The molecule has 23 heavy (non-hydrogen) atoms. The number of hydrogen-bond donors (Lipinski definition) is 1. The van der Waals surface area contributed by atoms with Crippen molar-refractivity contribution in [3.8, 4) is 0 Å². The molecule has 0 amide bonds. The van der Waals surface area contributed by atoms with Crippen molar-refractivity contribution in [1.82, 2.24) is 14.8 Å². The third-order valence-corrected chi connectivity index (χ3v) is 4.61. The highest BCUT2D eigenvalue weighted by atomic mass is 79.9. The molecule has 0 bridgehead atoms. The molecule has 116 valence electrons. The summed E-state index contributed by atoms with van der Waals surface area (Å²) < 4.78 is 16.5. The molecule has 1 aliphatic rings. The zero-order valence-electron chi connectivity index (χ0n) is 12.2. The number of benzene rings is 2. The van der Waals surface area contributed by atoms with Crippen LogP contribution in [0.4, 0.5) is 10.3 Å². The molecule has 4 nitrogen and oxygen atoms in total. The molecule has 2 atom stereocenters. The number of nitrogens with zero attached hydrogens (tertiary/aromatic N) is 3. The standard InChI is InChI=1S/C17H14BrFN4/c18-13-5-1-3-11(7-13)15-9-16(12-4-2-6-14(19)8-12)23-17(22-15)20-10-21-23/h1-8,10,15-16H,9H2,(H,20,21,22)/t15-,16+/m1/s1. The monoisotopic (exact) mass is 372 g/mol. The van der Waals surface area contributed by atoms with E-state index in [9.17, 15) is 4.39 Å². The number of nitrogens with one attached hydrogen (secondary N) is 1. The Balaban J connectivity index is 1.75. The molecule has 3 aromatic rings. The summed E-state index contributed by atoms with van der Waals surface area (Å²) in [6, 6.07) is 14.9. The summed E-state index contributed by atoms with van der Waals surface area (Å²) in [5.74, 6) is 0.470. The zero-order chi connectivity index (χ0) is 15.8. The SMILES string of the molecule is Fc1cccc([C@@H]2C[C@H](c3cccc(Br)c3)Nc3ncnn32)c1. The minimum absolute atomic E-state index is 0.0477. The summed E-state index contributed by atoms with van der Waals surface area (Å²) in [5.41, 5.74) is 2.06. The van der Waals surface area contributed by atoms with Crippen molar-refractivity contribution in [3.05, 3.63) is 76.3 Å². The van der Waals surface area contributed by atoms with Crippen molar-refractivity contribution in [2.75, 3.05) is 5.32 Å². The number of fused-ring (bicyclic) bond motifs is 1. The summed E-state index contributed by atoms with van der Waals surface area (Å²) in [6.07, 6.45) is 2.30. The molecule has 2 heterocycles. The largest absolute Gasteiger partial charge is 0.348 e. The lowest BCUT2D eigenvalue weighted by atomic mass is 9.93. The Hall–Kier alpha value is -2.21. The highest BCUT2D eigenvalue weighted by Gasteiger charge is 2.30. The molecule has 2 aromatic carbocycles. The van der Waals surface area contributed by atoms with E-state index in [2.05, 4.69) is 43.5 Å². The lowest BCUT2D eigenvalue weighted by Gasteiger charge is -2.31. The van der Waals surface area contributed by atoms with Crippen molar-refractivity contribution in [2.24, 2.45) is 0 Å². The molecule has 4 rings (SSSR count). The second kappa shape index (κ2) is 5.77. The van der Waals surface area contributed by atoms with E-state index in [1.807, 2.05) is 22.9 Å². The first-order valence-corrected chi connectivity index (χ1v) is 8.17. The van der Waals surface area contributed by atoms with E-state index in [1.165, 1.54) is 12.4 Å². The van der Waals surface area contributed by atoms with Crippen LogP contribution in [0.1, 0.15) is 29.6 Å². The minimum atomic E-state index is -0.235. The van der Waals surface area contributed by atoms with Gasteiger partial charge in [0.25, 0.3) is 0 Å². The van der Waals surface area contributed by atoms with Gasteiger partial charge in [-0.25, -0.2) is 9.07 Å². The second-order valence-corrected chi connectivity index (χ2v) is 6.50. The molecule has 1 aliphatic heterocycles. The van der Waals surface area contributed by atoms with E-state index < -0.39 is 0 Å². The van der Waals surface area contributed by atoms with Crippen LogP contribution in [0.3, 0.4) is 0 Å². The van der Waals surface area contributed by atoms with Crippen LogP contribution in [0.25, 0.3) is 0 Å². The van der Waals surface area contributed by atoms with Gasteiger partial charge in [0, 0.05) is 4.47 Å². The van der Waals surface area contributed by atoms with Crippen LogP contribution in [0, 0.1) is 5.82 Å². The maximum absolute atomic E-state index is 13.6. The highest BCUT2D eigenvalue weighted by Crippen LogP contribution is 2.37. The summed E-state index contributed by atoms with van der Waals surface area (Å²) in [4.78, 5) is 4.29. The van der Waals surface area contributed by atoms with Gasteiger partial charge in [0.05, 0.1) is 12.1 Å². The molecule has 0 unspecified atom stereocenters. The van der Waals surface area contributed by atoms with Gasteiger partial charge in [-0.3, -0.25) is 0 Å². The second-order valence-electron chi connectivity index (χ2n) is 5.59. The number of anilines is 1. The Morgan fingerprint density at radius 1 is 1.13 bits per heavy atom. The van der Waals surface area contributed by atoms with E-state index in [0.29, 0.717) is 5.95 Å². The summed E-state index contributed by atoms with van der Waals surface area (Å²) in [7, 11) is 0. The Morgan fingerprint density at radius 2 is 1.96 bits per heavy atom. The van der Waals surface area contributed by atoms with Gasteiger partial charge in [0.1, 0.15) is 12.1 Å². The van der Waals surface area contributed by atoms with Crippen LogP contribution in [0.2, 0.25) is 0 Å². The van der Waals surface area contributed by atoms with Crippen LogP contribution >= 0.6 is 15.9 Å². The van der Waals surface area contributed by atoms with Gasteiger partial charge in [-0.05, 0) is 41.8 Å². The number of halogens is 2. The van der Waals surface area contributed by atoms with E-state index >= 15 is 0 Å². The van der Waals surface area contributed by atoms with Crippen molar-refractivity contribution in [3.63, 3.8) is 0 Å². The van der Waals surface area contributed by atoms with Crippen LogP contribution in [0.5, 0.6) is 0 Å². The number of aromatic nitrogens is 3. The maximum atomic E-state index is 13.6. The van der Waals surface area contributed by atoms with E-state index in [-0.39, 0.29) is 17.9 Å². The van der Waals surface area contributed by atoms with Crippen LogP contribution in [-0.2, 0) is 0 Å². The highest BCUT2D eigenvalue weighted by molar-refractivity contribution is 9.10. The maximum Gasteiger partial charge on any atom is 0.222 e. The average Bonchev–Trinajstić information content (AvgIpc) is 3.02. The summed E-state index contributed by atoms with van der Waals surface area (Å²) in [5, 5.41) is 7.71. The van der Waals surface area contributed by atoms with Gasteiger partial charge >= 0.3 is 0 Å². The van der Waals surface area contributed by atoms with E-state index in [4.69, 9.17) is 0 Å². The van der Waals surface area contributed by atoms with Gasteiger partial charge in [-0.2, -0.15) is 10.1 Å². The molecule has 0 saturated carbocycles. The molecule has 0 saturated heterocycles. The third kappa shape index (κ3) is 2.74. The van der Waals surface area contributed by atoms with E-state index in [1.54, 1.807) is 12.1 Å². The predicted octanol–water partition coefficient (Wildman–Crippen LogP) is 4.33. The number of rotatable bonds is 2. The smallest absolute Gasteiger partial charge is 0.222 e. The molecule has 6 heteroatoms. The van der Waals surface area contributed by atoms with Crippen molar-refractivity contribution in [1.29, 1.82) is 0 Å². The molecule has 0 radical (unpaired) electrons. The van der Waals surface area contributed by atoms with Gasteiger partial charge in [-0.1, -0.05) is 40.2 Å². The van der Waals surface area contributed by atoms with Crippen molar-refractivity contribution < 1.29 is 4.39 Å². The quantitative estimate of drug-likeness (QED) is 0.727. The fraction of sp³-hybridized carbons (Fsp3) is 0.176. The molecular weight excluding hydrogens is 359 g/mol. The predicted molar refractivity (Wildman–Crippen MR) is 89.7 cm³/mol. The Morgan fingerprint density at radius 3 is 2.78 bits per heavy atom. The number of hydrogen-bond acceptors (Lipinski definition) is 3. The Kier molecular flexibility index (Phi) is 3.61. The normalized spacial score (nSPS) is 19.9. The first kappa shape index (κ1) is 14.4. The molecule has 0 aliphatic carbocycles. The average molecular weight is 373 g/mol. The topological polar surface area (TPSA) is 42.7 Å². The van der Waals surface area contributed by atoms with Gasteiger partial charge < -0.3 is 5.32 Å². The van der Waals surface area contributed by atoms with E-state index in [0.717, 1.165) is 22.0 Å². The lowest BCUT2D eigenvalue weighted by Crippen LogP contribution is -2.28. The van der Waals surface area contributed by atoms with Gasteiger partial charge in [-0.15, -0.1) is 0 Å². The van der Waals surface area contributed by atoms with Gasteiger partial charge in [0.15, 0.2) is 0 Å². The van der Waals surface area contributed by atoms with Gasteiger partial charge in [0.2, 0.25) is 5.95 Å². The lowest BCUT2D eigenvalue weighted by molar-refractivity contribution is 0.429. The molecular formula is C17H14BrFN4. The van der Waals surface area contributed by atoms with Crippen LogP contribution in [-0.4, -0.2) is 14.8 Å². The molecule has 1 aromatic heterocycles. The third-order valence-electron chi connectivity index (χ3n) is 4.12. The van der Waals surface area contributed by atoms with Crippen molar-refractivity contribution in [2.45, 2.75) is 18.5 Å². The fourth-order valence-electron chi connectivity index (χ4n) is 3.05.